The molecule has 5 nitrogen and oxygen atoms in total. The molecule has 1 aliphatic rings. The number of likely N-dealkylation sites (N-methyl/N-ethyl adjacent to an activating group) is 1. The second-order valence-corrected chi connectivity index (χ2v) is 7.58. The lowest BCUT2D eigenvalue weighted by Crippen LogP contribution is -2.41. The fourth-order valence-electron chi connectivity index (χ4n) is 2.27. The Morgan fingerprint density at radius 1 is 1.50 bits per heavy atom. The fourth-order valence-corrected chi connectivity index (χ4v) is 4.11. The number of hydrogen-bond donors (Lipinski definition) is 1. The van der Waals surface area contributed by atoms with Gasteiger partial charge in [-0.25, -0.2) is 12.8 Å². The van der Waals surface area contributed by atoms with E-state index in [2.05, 4.69) is 15.9 Å². The molecule has 0 aromatic heterocycles. The molecular weight excluding hydrogens is 351 g/mol. The zero-order valence-corrected chi connectivity index (χ0v) is 13.5. The molecule has 0 bridgehead atoms. The van der Waals surface area contributed by atoms with Gasteiger partial charge in [-0.15, -0.1) is 0 Å². The van der Waals surface area contributed by atoms with Crippen molar-refractivity contribution in [1.82, 2.24) is 4.31 Å². The highest BCUT2D eigenvalue weighted by molar-refractivity contribution is 9.10. The molecule has 1 heterocycles. The van der Waals surface area contributed by atoms with E-state index in [-0.39, 0.29) is 17.8 Å². The molecule has 2 rings (SSSR count). The molecule has 8 heteroatoms. The standard InChI is InChI=1S/C12H16BrFN2O3S/c1-7-11(3-4-19-7)16(2)20(17,18)12-6-10(15)8(13)5-9(12)14/h5-7,11H,3-4,15H2,1-2H3. The third-order valence-corrected chi connectivity index (χ3v) is 6.10. The largest absolute Gasteiger partial charge is 0.398 e. The maximum Gasteiger partial charge on any atom is 0.246 e. The number of halogens is 2. The Hall–Kier alpha value is -0.700. The van der Waals surface area contributed by atoms with E-state index < -0.39 is 20.7 Å². The van der Waals surface area contributed by atoms with Crippen LogP contribution in [0, 0.1) is 5.82 Å². The Bertz CT molecular complexity index is 623. The van der Waals surface area contributed by atoms with Crippen LogP contribution in [-0.2, 0) is 14.8 Å². The number of anilines is 1. The molecule has 20 heavy (non-hydrogen) atoms. The van der Waals surface area contributed by atoms with Crippen LogP contribution in [0.3, 0.4) is 0 Å². The predicted molar refractivity (Wildman–Crippen MR) is 77.3 cm³/mol. The number of rotatable bonds is 3. The van der Waals surface area contributed by atoms with E-state index in [9.17, 15) is 12.8 Å². The van der Waals surface area contributed by atoms with Crippen molar-refractivity contribution in [3.05, 3.63) is 22.4 Å². The van der Waals surface area contributed by atoms with E-state index >= 15 is 0 Å². The van der Waals surface area contributed by atoms with Gasteiger partial charge in [0.25, 0.3) is 0 Å². The summed E-state index contributed by atoms with van der Waals surface area (Å²) < 4.78 is 45.8. The first-order valence-electron chi connectivity index (χ1n) is 6.09. The van der Waals surface area contributed by atoms with Crippen molar-refractivity contribution in [3.8, 4) is 0 Å². The van der Waals surface area contributed by atoms with Gasteiger partial charge < -0.3 is 10.5 Å². The van der Waals surface area contributed by atoms with Gasteiger partial charge in [-0.3, -0.25) is 0 Å². The Labute approximate surface area is 126 Å². The summed E-state index contributed by atoms with van der Waals surface area (Å²) in [5, 5.41) is 0. The van der Waals surface area contributed by atoms with E-state index in [0.29, 0.717) is 17.5 Å². The van der Waals surface area contributed by atoms with Crippen molar-refractivity contribution >= 4 is 31.6 Å². The van der Waals surface area contributed by atoms with Gasteiger partial charge >= 0.3 is 0 Å². The summed E-state index contributed by atoms with van der Waals surface area (Å²) in [6.45, 7) is 2.30. The Morgan fingerprint density at radius 2 is 2.15 bits per heavy atom. The smallest absolute Gasteiger partial charge is 0.246 e. The Morgan fingerprint density at radius 3 is 2.70 bits per heavy atom. The van der Waals surface area contributed by atoms with Gasteiger partial charge in [0.1, 0.15) is 10.7 Å². The molecule has 0 spiro atoms. The molecule has 0 aliphatic carbocycles. The van der Waals surface area contributed by atoms with E-state index in [1.165, 1.54) is 7.05 Å². The van der Waals surface area contributed by atoms with Gasteiger partial charge in [-0.2, -0.15) is 4.31 Å². The van der Waals surface area contributed by atoms with Crippen LogP contribution in [0.1, 0.15) is 13.3 Å². The summed E-state index contributed by atoms with van der Waals surface area (Å²) in [5.74, 6) is -0.829. The minimum atomic E-state index is -3.95. The Kier molecular flexibility index (Phi) is 4.38. The molecular formula is C12H16BrFN2O3S. The van der Waals surface area contributed by atoms with Crippen LogP contribution in [0.15, 0.2) is 21.5 Å². The lowest BCUT2D eigenvalue weighted by molar-refractivity contribution is 0.102. The third-order valence-electron chi connectivity index (χ3n) is 3.51. The molecule has 1 aromatic carbocycles. The second-order valence-electron chi connectivity index (χ2n) is 4.76. The molecule has 1 fully saturated rings. The Balaban J connectivity index is 2.42. The van der Waals surface area contributed by atoms with Gasteiger partial charge in [0, 0.05) is 23.8 Å². The van der Waals surface area contributed by atoms with Gasteiger partial charge in [-0.1, -0.05) is 0 Å². The zero-order chi connectivity index (χ0) is 15.1. The van der Waals surface area contributed by atoms with Crippen molar-refractivity contribution in [1.29, 1.82) is 0 Å². The molecule has 1 aliphatic heterocycles. The predicted octanol–water partition coefficient (Wildman–Crippen LogP) is 1.97. The first-order chi connectivity index (χ1) is 9.25. The average molecular weight is 367 g/mol. The van der Waals surface area contributed by atoms with Crippen LogP contribution in [-0.4, -0.2) is 38.5 Å². The van der Waals surface area contributed by atoms with Crippen molar-refractivity contribution in [2.75, 3.05) is 19.4 Å². The number of nitrogen functional groups attached to an aromatic ring is 1. The summed E-state index contributed by atoms with van der Waals surface area (Å²) in [7, 11) is -2.51. The van der Waals surface area contributed by atoms with Gasteiger partial charge in [0.15, 0.2) is 0 Å². The summed E-state index contributed by atoms with van der Waals surface area (Å²) in [4.78, 5) is -0.417. The number of benzene rings is 1. The van der Waals surface area contributed by atoms with E-state index in [0.717, 1.165) is 16.4 Å². The third kappa shape index (κ3) is 2.69. The van der Waals surface area contributed by atoms with E-state index in [4.69, 9.17) is 10.5 Å². The number of ether oxygens (including phenoxy) is 1. The molecule has 2 unspecified atom stereocenters. The molecule has 0 radical (unpaired) electrons. The minimum Gasteiger partial charge on any atom is -0.398 e. The number of nitrogens with two attached hydrogens (primary N) is 1. The fraction of sp³-hybridized carbons (Fsp3) is 0.500. The quantitative estimate of drug-likeness (QED) is 0.830. The van der Waals surface area contributed by atoms with E-state index in [1.54, 1.807) is 6.92 Å². The summed E-state index contributed by atoms with van der Waals surface area (Å²) >= 11 is 3.07. The molecule has 2 atom stereocenters. The highest BCUT2D eigenvalue weighted by Crippen LogP contribution is 2.30. The van der Waals surface area contributed by atoms with Crippen LogP contribution in [0.5, 0.6) is 0 Å². The highest BCUT2D eigenvalue weighted by atomic mass is 79.9. The van der Waals surface area contributed by atoms with E-state index in [1.807, 2.05) is 0 Å². The molecule has 1 aromatic rings. The monoisotopic (exact) mass is 366 g/mol. The molecule has 1 saturated heterocycles. The van der Waals surface area contributed by atoms with Crippen molar-refractivity contribution in [3.63, 3.8) is 0 Å². The van der Waals surface area contributed by atoms with Crippen LogP contribution in [0.2, 0.25) is 0 Å². The number of hydrogen-bond acceptors (Lipinski definition) is 4. The second kappa shape index (κ2) is 5.59. The molecule has 0 amide bonds. The summed E-state index contributed by atoms with van der Waals surface area (Å²) in [5.41, 5.74) is 5.82. The van der Waals surface area contributed by atoms with Crippen molar-refractivity contribution in [2.45, 2.75) is 30.4 Å². The normalized spacial score (nSPS) is 23.4. The maximum atomic E-state index is 13.9. The topological polar surface area (TPSA) is 72.6 Å². The SMILES string of the molecule is CC1OCCC1N(C)S(=O)(=O)c1cc(N)c(Br)cc1F. The zero-order valence-electron chi connectivity index (χ0n) is 11.1. The van der Waals surface area contributed by atoms with Crippen molar-refractivity contribution < 1.29 is 17.5 Å². The number of sulfonamides is 1. The van der Waals surface area contributed by atoms with Gasteiger partial charge in [0.05, 0.1) is 12.1 Å². The first-order valence-corrected chi connectivity index (χ1v) is 8.32. The minimum absolute atomic E-state index is 0.175. The first kappa shape index (κ1) is 15.7. The van der Waals surface area contributed by atoms with Gasteiger partial charge in [-0.05, 0) is 41.4 Å². The molecule has 0 saturated carbocycles. The van der Waals surface area contributed by atoms with Crippen LogP contribution < -0.4 is 5.73 Å². The van der Waals surface area contributed by atoms with Crippen LogP contribution in [0.25, 0.3) is 0 Å². The molecule has 112 valence electrons. The van der Waals surface area contributed by atoms with Crippen LogP contribution in [0.4, 0.5) is 10.1 Å². The summed E-state index contributed by atoms with van der Waals surface area (Å²) in [6.07, 6.45) is 0.371. The molecule has 2 N–H and O–H groups in total. The highest BCUT2D eigenvalue weighted by Gasteiger charge is 2.36. The average Bonchev–Trinajstić information content (AvgIpc) is 2.78. The van der Waals surface area contributed by atoms with Crippen LogP contribution >= 0.6 is 15.9 Å². The summed E-state index contributed by atoms with van der Waals surface area (Å²) in [6, 6.07) is 1.89. The number of nitrogens with zero attached hydrogens (tertiary/aromatic N) is 1. The lowest BCUT2D eigenvalue weighted by atomic mass is 10.2. The van der Waals surface area contributed by atoms with Crippen molar-refractivity contribution in [2.24, 2.45) is 0 Å². The van der Waals surface area contributed by atoms with Gasteiger partial charge in [0.2, 0.25) is 10.0 Å². The lowest BCUT2D eigenvalue weighted by Gasteiger charge is -2.26. The maximum absolute atomic E-state index is 13.9.